The molecule has 0 saturated heterocycles. The lowest BCUT2D eigenvalue weighted by Gasteiger charge is -2.11. The van der Waals surface area contributed by atoms with Crippen molar-refractivity contribution in [3.63, 3.8) is 0 Å². The van der Waals surface area contributed by atoms with Gasteiger partial charge in [-0.25, -0.2) is 4.98 Å². The van der Waals surface area contributed by atoms with Gasteiger partial charge in [-0.2, -0.15) is 0 Å². The van der Waals surface area contributed by atoms with Crippen LogP contribution in [0.5, 0.6) is 0 Å². The van der Waals surface area contributed by atoms with Crippen LogP contribution in [0.3, 0.4) is 0 Å². The molecule has 8 aromatic carbocycles. The number of furan rings is 2. The third-order valence-electron chi connectivity index (χ3n) is 11.9. The molecule has 58 heavy (non-hydrogen) atoms. The Morgan fingerprint density at radius 3 is 1.88 bits per heavy atom. The minimum absolute atomic E-state index is 0.763. The van der Waals surface area contributed by atoms with E-state index in [1.165, 1.54) is 43.7 Å². The van der Waals surface area contributed by atoms with E-state index in [4.69, 9.17) is 13.8 Å². The number of nitrogens with zero attached hydrogens (tertiary/aromatic N) is 3. The summed E-state index contributed by atoms with van der Waals surface area (Å²) in [6, 6.07) is 66.7. The fourth-order valence-corrected chi connectivity index (χ4v) is 9.35. The van der Waals surface area contributed by atoms with Gasteiger partial charge in [0.25, 0.3) is 0 Å². The Morgan fingerprint density at radius 1 is 0.345 bits per heavy atom. The van der Waals surface area contributed by atoms with E-state index in [0.29, 0.717) is 0 Å². The summed E-state index contributed by atoms with van der Waals surface area (Å²) < 4.78 is 17.3. The van der Waals surface area contributed by atoms with E-state index in [-0.39, 0.29) is 0 Å². The highest BCUT2D eigenvalue weighted by Gasteiger charge is 2.20. The molecule has 0 spiro atoms. The van der Waals surface area contributed by atoms with Crippen LogP contribution in [0.1, 0.15) is 0 Å². The first-order chi connectivity index (χ1) is 28.7. The van der Waals surface area contributed by atoms with Gasteiger partial charge in [0.2, 0.25) is 0 Å². The lowest BCUT2D eigenvalue weighted by atomic mass is 9.98. The first-order valence-corrected chi connectivity index (χ1v) is 19.6. The second-order valence-corrected chi connectivity index (χ2v) is 15.1. The van der Waals surface area contributed by atoms with E-state index in [1.54, 1.807) is 0 Å². The Labute approximate surface area is 331 Å². The molecule has 5 heteroatoms. The zero-order valence-electron chi connectivity index (χ0n) is 31.1. The van der Waals surface area contributed by atoms with E-state index >= 15 is 0 Å². The maximum Gasteiger partial charge on any atom is 0.153 e. The number of rotatable bonds is 4. The Balaban J connectivity index is 0.993. The minimum atomic E-state index is 0.763. The standard InChI is InChI=1S/C53H31N3O2/c1-2-11-34(12-3-1)55-44-17-7-4-13-37(44)38-24-21-32(30-47(38)55)36-16-10-19-46-52(36)40-15-5-8-18-45(40)56(46)35-23-27-50-42(31-35)53-51(58-50)28-25-43(54-53)33-22-26-49-41(29-33)39-14-6-9-20-48(39)57-49/h1-31H. The summed E-state index contributed by atoms with van der Waals surface area (Å²) in [7, 11) is 0. The van der Waals surface area contributed by atoms with Gasteiger partial charge in [0.05, 0.1) is 27.8 Å². The number of hydrogen-bond acceptors (Lipinski definition) is 3. The van der Waals surface area contributed by atoms with Crippen molar-refractivity contribution in [2.24, 2.45) is 0 Å². The Kier molecular flexibility index (Phi) is 6.38. The maximum absolute atomic E-state index is 6.39. The number of aromatic nitrogens is 3. The van der Waals surface area contributed by atoms with Crippen LogP contribution < -0.4 is 0 Å². The van der Waals surface area contributed by atoms with Crippen LogP contribution in [-0.2, 0) is 0 Å². The summed E-state index contributed by atoms with van der Waals surface area (Å²) in [6.07, 6.45) is 0. The highest BCUT2D eigenvalue weighted by atomic mass is 16.3. The van der Waals surface area contributed by atoms with Gasteiger partial charge in [-0.1, -0.05) is 97.1 Å². The fourth-order valence-electron chi connectivity index (χ4n) is 9.35. The molecule has 0 atom stereocenters. The summed E-state index contributed by atoms with van der Waals surface area (Å²) >= 11 is 0. The SMILES string of the molecule is c1ccc(-n2c3ccccc3c3ccc(-c4cccc5c4c4ccccc4n5-c4ccc5oc6ccc(-c7ccc8oc9ccccc9c8c7)nc6c5c4)cc32)cc1. The molecule has 0 bridgehead atoms. The van der Waals surface area contributed by atoms with Crippen molar-refractivity contribution >= 4 is 87.6 Å². The molecule has 270 valence electrons. The van der Waals surface area contributed by atoms with E-state index in [2.05, 4.69) is 161 Å². The first-order valence-electron chi connectivity index (χ1n) is 19.6. The van der Waals surface area contributed by atoms with Crippen molar-refractivity contribution < 1.29 is 8.83 Å². The Morgan fingerprint density at radius 2 is 0.983 bits per heavy atom. The molecule has 0 amide bonds. The molecule has 0 unspecified atom stereocenters. The van der Waals surface area contributed by atoms with Gasteiger partial charge in [-0.3, -0.25) is 0 Å². The van der Waals surface area contributed by atoms with Crippen molar-refractivity contribution in [1.82, 2.24) is 14.1 Å². The van der Waals surface area contributed by atoms with E-state index < -0.39 is 0 Å². The summed E-state index contributed by atoms with van der Waals surface area (Å²) in [5.74, 6) is 0. The molecule has 5 nitrogen and oxygen atoms in total. The van der Waals surface area contributed by atoms with E-state index in [9.17, 15) is 0 Å². The van der Waals surface area contributed by atoms with Gasteiger partial charge in [0, 0.05) is 54.6 Å². The van der Waals surface area contributed by atoms with Crippen molar-refractivity contribution in [2.45, 2.75) is 0 Å². The third kappa shape index (κ3) is 4.44. The number of benzene rings is 8. The minimum Gasteiger partial charge on any atom is -0.456 e. The van der Waals surface area contributed by atoms with Crippen LogP contribution in [0.15, 0.2) is 197 Å². The molecule has 0 radical (unpaired) electrons. The lowest BCUT2D eigenvalue weighted by molar-refractivity contribution is 0.668. The van der Waals surface area contributed by atoms with Crippen LogP contribution >= 0.6 is 0 Å². The van der Waals surface area contributed by atoms with Crippen LogP contribution in [0.4, 0.5) is 0 Å². The van der Waals surface area contributed by atoms with Crippen molar-refractivity contribution in [3.05, 3.63) is 188 Å². The normalized spacial score (nSPS) is 12.1. The Hall–Kier alpha value is -7.89. The quantitative estimate of drug-likeness (QED) is 0.180. The molecule has 0 aliphatic heterocycles. The smallest absolute Gasteiger partial charge is 0.153 e. The third-order valence-corrected chi connectivity index (χ3v) is 11.9. The van der Waals surface area contributed by atoms with Crippen molar-refractivity contribution in [3.8, 4) is 33.8 Å². The molecule has 5 aromatic heterocycles. The molecule has 5 heterocycles. The zero-order valence-corrected chi connectivity index (χ0v) is 31.1. The monoisotopic (exact) mass is 741 g/mol. The number of fused-ring (bicyclic) bond motifs is 12. The second kappa shape index (κ2) is 11.8. The fraction of sp³-hybridized carbons (Fsp3) is 0. The van der Waals surface area contributed by atoms with Crippen molar-refractivity contribution in [2.75, 3.05) is 0 Å². The summed E-state index contributed by atoms with van der Waals surface area (Å²) in [5, 5.41) is 8.08. The van der Waals surface area contributed by atoms with Gasteiger partial charge in [0.1, 0.15) is 22.3 Å². The van der Waals surface area contributed by atoms with Crippen LogP contribution in [0, 0.1) is 0 Å². The largest absolute Gasteiger partial charge is 0.456 e. The molecular weight excluding hydrogens is 711 g/mol. The van der Waals surface area contributed by atoms with Crippen LogP contribution in [0.25, 0.3) is 121 Å². The predicted molar refractivity (Wildman–Crippen MR) is 238 cm³/mol. The molecule has 0 N–H and O–H groups in total. The molecule has 0 saturated carbocycles. The predicted octanol–water partition coefficient (Wildman–Crippen LogP) is 14.4. The number of pyridine rings is 1. The zero-order chi connectivity index (χ0) is 37.9. The lowest BCUT2D eigenvalue weighted by Crippen LogP contribution is -1.94. The van der Waals surface area contributed by atoms with Crippen LogP contribution in [0.2, 0.25) is 0 Å². The van der Waals surface area contributed by atoms with E-state index in [1.807, 2.05) is 36.4 Å². The maximum atomic E-state index is 6.39. The molecular formula is C53H31N3O2. The molecule has 0 fully saturated rings. The van der Waals surface area contributed by atoms with E-state index in [0.717, 1.165) is 77.7 Å². The average Bonchev–Trinajstić information content (AvgIpc) is 4.03. The number of hydrogen-bond donors (Lipinski definition) is 0. The molecule has 13 rings (SSSR count). The second-order valence-electron chi connectivity index (χ2n) is 15.1. The highest BCUT2D eigenvalue weighted by Crippen LogP contribution is 2.42. The molecule has 13 aromatic rings. The molecule has 0 aliphatic carbocycles. The first kappa shape index (κ1) is 31.3. The Bertz CT molecular complexity index is 3810. The van der Waals surface area contributed by atoms with Crippen molar-refractivity contribution in [1.29, 1.82) is 0 Å². The topological polar surface area (TPSA) is 49.0 Å². The average molecular weight is 742 g/mol. The molecule has 0 aliphatic rings. The van der Waals surface area contributed by atoms with Gasteiger partial charge in [-0.05, 0) is 102 Å². The van der Waals surface area contributed by atoms with Gasteiger partial charge >= 0.3 is 0 Å². The summed E-state index contributed by atoms with van der Waals surface area (Å²) in [4.78, 5) is 5.24. The summed E-state index contributed by atoms with van der Waals surface area (Å²) in [5.41, 5.74) is 15.3. The highest BCUT2D eigenvalue weighted by molar-refractivity contribution is 6.17. The summed E-state index contributed by atoms with van der Waals surface area (Å²) in [6.45, 7) is 0. The number of para-hydroxylation sites is 4. The van der Waals surface area contributed by atoms with Gasteiger partial charge in [-0.15, -0.1) is 0 Å². The van der Waals surface area contributed by atoms with Gasteiger partial charge in [0.15, 0.2) is 5.58 Å². The van der Waals surface area contributed by atoms with Gasteiger partial charge < -0.3 is 18.0 Å². The van der Waals surface area contributed by atoms with Crippen LogP contribution in [-0.4, -0.2) is 14.1 Å².